The van der Waals surface area contributed by atoms with E-state index in [9.17, 15) is 14.9 Å². The molecule has 2 aromatic rings. The molecule has 0 heterocycles. The molecule has 114 valence electrons. The van der Waals surface area contributed by atoms with Gasteiger partial charge in [-0.05, 0) is 29.8 Å². The summed E-state index contributed by atoms with van der Waals surface area (Å²) in [5, 5.41) is 19.5. The van der Waals surface area contributed by atoms with Crippen LogP contribution in [-0.2, 0) is 16.1 Å². The minimum Gasteiger partial charge on any atom is -0.458 e. The highest BCUT2D eigenvalue weighted by atomic mass is 16.6. The first-order valence-electron chi connectivity index (χ1n) is 6.67. The summed E-state index contributed by atoms with van der Waals surface area (Å²) < 4.78 is 5.07. The number of esters is 1. The molecule has 0 radical (unpaired) electrons. The number of nitro groups is 1. The summed E-state index contributed by atoms with van der Waals surface area (Å²) in [5.74, 6) is -0.559. The summed E-state index contributed by atoms with van der Waals surface area (Å²) in [6, 6.07) is 14.7. The Morgan fingerprint density at radius 3 is 2.57 bits per heavy atom. The maximum Gasteiger partial charge on any atom is 0.331 e. The molecule has 0 atom stereocenters. The van der Waals surface area contributed by atoms with Gasteiger partial charge in [-0.15, -0.1) is 0 Å². The molecular weight excluding hydrogens is 296 g/mol. The lowest BCUT2D eigenvalue weighted by Gasteiger charge is -2.03. The smallest absolute Gasteiger partial charge is 0.331 e. The van der Waals surface area contributed by atoms with Crippen LogP contribution in [0.5, 0.6) is 0 Å². The zero-order valence-electron chi connectivity index (χ0n) is 12.0. The fourth-order valence-corrected chi connectivity index (χ4v) is 1.82. The third kappa shape index (κ3) is 4.51. The van der Waals surface area contributed by atoms with Crippen LogP contribution in [0.2, 0.25) is 0 Å². The Bertz CT molecular complexity index is 789. The quantitative estimate of drug-likeness (QED) is 0.366. The third-order valence-electron chi connectivity index (χ3n) is 3.02. The SMILES string of the molecule is N#Cc1ccccc1COC(=O)C=Cc1ccc([N+](=O)[O-])cc1. The number of hydrogen-bond acceptors (Lipinski definition) is 5. The highest BCUT2D eigenvalue weighted by Crippen LogP contribution is 2.13. The zero-order chi connectivity index (χ0) is 16.7. The van der Waals surface area contributed by atoms with E-state index in [4.69, 9.17) is 10.00 Å². The van der Waals surface area contributed by atoms with Crippen LogP contribution in [0.4, 0.5) is 5.69 Å². The van der Waals surface area contributed by atoms with E-state index < -0.39 is 10.9 Å². The zero-order valence-corrected chi connectivity index (χ0v) is 12.0. The molecule has 6 heteroatoms. The van der Waals surface area contributed by atoms with E-state index >= 15 is 0 Å². The van der Waals surface area contributed by atoms with E-state index in [2.05, 4.69) is 0 Å². The molecule has 0 aliphatic carbocycles. The van der Waals surface area contributed by atoms with E-state index in [-0.39, 0.29) is 12.3 Å². The van der Waals surface area contributed by atoms with Crippen molar-refractivity contribution in [3.05, 3.63) is 81.4 Å². The summed E-state index contributed by atoms with van der Waals surface area (Å²) in [5.41, 5.74) is 1.72. The second-order valence-corrected chi connectivity index (χ2v) is 4.56. The van der Waals surface area contributed by atoms with E-state index in [1.54, 1.807) is 24.3 Å². The van der Waals surface area contributed by atoms with Crippen LogP contribution in [0.25, 0.3) is 6.08 Å². The van der Waals surface area contributed by atoms with Crippen molar-refractivity contribution in [1.29, 1.82) is 5.26 Å². The molecule has 0 aliphatic heterocycles. The number of nitrogens with zero attached hydrogens (tertiary/aromatic N) is 2. The van der Waals surface area contributed by atoms with Crippen LogP contribution in [0.15, 0.2) is 54.6 Å². The van der Waals surface area contributed by atoms with Crippen LogP contribution < -0.4 is 0 Å². The summed E-state index contributed by atoms with van der Waals surface area (Å²) >= 11 is 0. The summed E-state index contributed by atoms with van der Waals surface area (Å²) in [4.78, 5) is 21.7. The Balaban J connectivity index is 1.94. The van der Waals surface area contributed by atoms with Crippen molar-refractivity contribution in [3.8, 4) is 6.07 Å². The lowest BCUT2D eigenvalue weighted by atomic mass is 10.1. The van der Waals surface area contributed by atoms with Crippen molar-refractivity contribution in [2.45, 2.75) is 6.61 Å². The van der Waals surface area contributed by atoms with Crippen molar-refractivity contribution in [1.82, 2.24) is 0 Å². The van der Waals surface area contributed by atoms with E-state index in [0.717, 1.165) is 0 Å². The normalized spacial score (nSPS) is 10.2. The average molecular weight is 308 g/mol. The maximum atomic E-state index is 11.7. The van der Waals surface area contributed by atoms with Gasteiger partial charge < -0.3 is 4.74 Å². The van der Waals surface area contributed by atoms with Crippen LogP contribution in [-0.4, -0.2) is 10.9 Å². The number of benzene rings is 2. The molecule has 0 aliphatic rings. The lowest BCUT2D eigenvalue weighted by molar-refractivity contribution is -0.384. The highest BCUT2D eigenvalue weighted by molar-refractivity contribution is 5.87. The number of carbonyl (C=O) groups excluding carboxylic acids is 1. The number of hydrogen-bond donors (Lipinski definition) is 0. The molecule has 6 nitrogen and oxygen atoms in total. The minimum absolute atomic E-state index is 0.00711. The Kier molecular flexibility index (Phi) is 5.21. The van der Waals surface area contributed by atoms with E-state index in [0.29, 0.717) is 16.7 Å². The van der Waals surface area contributed by atoms with Gasteiger partial charge >= 0.3 is 5.97 Å². The highest BCUT2D eigenvalue weighted by Gasteiger charge is 2.05. The second-order valence-electron chi connectivity index (χ2n) is 4.56. The number of non-ortho nitro benzene ring substituents is 1. The molecule has 0 saturated heterocycles. The molecule has 0 N–H and O–H groups in total. The first-order chi connectivity index (χ1) is 11.1. The van der Waals surface area contributed by atoms with Gasteiger partial charge in [-0.25, -0.2) is 4.79 Å². The van der Waals surface area contributed by atoms with Gasteiger partial charge in [0.25, 0.3) is 5.69 Å². The van der Waals surface area contributed by atoms with Gasteiger partial charge in [-0.1, -0.05) is 18.2 Å². The van der Waals surface area contributed by atoms with E-state index in [1.165, 1.54) is 36.4 Å². The largest absolute Gasteiger partial charge is 0.458 e. The predicted molar refractivity (Wildman–Crippen MR) is 83.1 cm³/mol. The molecule has 0 amide bonds. The van der Waals surface area contributed by atoms with E-state index in [1.807, 2.05) is 6.07 Å². The Labute approximate surface area is 132 Å². The number of carbonyl (C=O) groups is 1. The van der Waals surface area contributed by atoms with Gasteiger partial charge in [-0.3, -0.25) is 10.1 Å². The molecule has 0 aromatic heterocycles. The van der Waals surface area contributed by atoms with Gasteiger partial charge in [0.1, 0.15) is 6.61 Å². The van der Waals surface area contributed by atoms with Crippen LogP contribution >= 0.6 is 0 Å². The molecule has 0 spiro atoms. The Morgan fingerprint density at radius 1 is 1.22 bits per heavy atom. The minimum atomic E-state index is -0.559. The molecule has 0 fully saturated rings. The summed E-state index contributed by atoms with van der Waals surface area (Å²) in [6.45, 7) is 0.00711. The number of rotatable bonds is 5. The Morgan fingerprint density at radius 2 is 1.91 bits per heavy atom. The van der Waals surface area contributed by atoms with Gasteiger partial charge in [0, 0.05) is 23.8 Å². The third-order valence-corrected chi connectivity index (χ3v) is 3.02. The van der Waals surface area contributed by atoms with Crippen molar-refractivity contribution < 1.29 is 14.5 Å². The first kappa shape index (κ1) is 15.9. The van der Waals surface area contributed by atoms with Gasteiger partial charge in [-0.2, -0.15) is 5.26 Å². The Hall–Kier alpha value is -3.46. The van der Waals surface area contributed by atoms with Gasteiger partial charge in [0.15, 0.2) is 0 Å². The number of nitriles is 1. The topological polar surface area (TPSA) is 93.2 Å². The fourth-order valence-electron chi connectivity index (χ4n) is 1.82. The molecular formula is C17H12N2O4. The van der Waals surface area contributed by atoms with Crippen LogP contribution in [0, 0.1) is 21.4 Å². The molecule has 0 saturated carbocycles. The molecule has 23 heavy (non-hydrogen) atoms. The lowest BCUT2D eigenvalue weighted by Crippen LogP contribution is -2.02. The number of nitro benzene ring substituents is 1. The fraction of sp³-hybridized carbons (Fsp3) is 0.0588. The van der Waals surface area contributed by atoms with Crippen LogP contribution in [0.1, 0.15) is 16.7 Å². The standard InChI is InChI=1S/C17H12N2O4/c18-11-14-3-1-2-4-15(14)12-23-17(20)10-7-13-5-8-16(9-6-13)19(21)22/h1-10H,12H2. The van der Waals surface area contributed by atoms with Crippen molar-refractivity contribution in [3.63, 3.8) is 0 Å². The molecule has 0 unspecified atom stereocenters. The maximum absolute atomic E-state index is 11.7. The monoisotopic (exact) mass is 308 g/mol. The van der Waals surface area contributed by atoms with Gasteiger partial charge in [0.05, 0.1) is 16.6 Å². The average Bonchev–Trinajstić information content (AvgIpc) is 2.58. The van der Waals surface area contributed by atoms with Crippen molar-refractivity contribution in [2.24, 2.45) is 0 Å². The molecule has 2 aromatic carbocycles. The van der Waals surface area contributed by atoms with Crippen molar-refractivity contribution >= 4 is 17.7 Å². The first-order valence-corrected chi connectivity index (χ1v) is 6.67. The predicted octanol–water partition coefficient (Wildman–Crippen LogP) is 3.22. The summed E-state index contributed by atoms with van der Waals surface area (Å²) in [7, 11) is 0. The number of ether oxygens (including phenoxy) is 1. The second kappa shape index (κ2) is 7.52. The molecule has 2 rings (SSSR count). The van der Waals surface area contributed by atoms with Gasteiger partial charge in [0.2, 0.25) is 0 Å². The summed E-state index contributed by atoms with van der Waals surface area (Å²) in [6.07, 6.45) is 2.73. The van der Waals surface area contributed by atoms with Crippen LogP contribution in [0.3, 0.4) is 0 Å². The molecule has 0 bridgehead atoms. The van der Waals surface area contributed by atoms with Crippen molar-refractivity contribution in [2.75, 3.05) is 0 Å².